The molecule has 5 heteroatoms. The van der Waals surface area contributed by atoms with Crippen molar-refractivity contribution in [1.82, 2.24) is 10.3 Å². The molecule has 0 radical (unpaired) electrons. The number of methoxy groups -OCH3 is 1. The molecule has 0 aliphatic rings. The van der Waals surface area contributed by atoms with E-state index < -0.39 is 0 Å². The third-order valence-corrected chi connectivity index (χ3v) is 2.80. The van der Waals surface area contributed by atoms with Crippen molar-refractivity contribution in [2.75, 3.05) is 26.8 Å². The van der Waals surface area contributed by atoms with E-state index in [9.17, 15) is 0 Å². The van der Waals surface area contributed by atoms with Gasteiger partial charge in [0.25, 0.3) is 0 Å². The molecule has 0 aliphatic heterocycles. The normalized spacial score (nSPS) is 11.1. The molecule has 2 aromatic rings. The summed E-state index contributed by atoms with van der Waals surface area (Å²) in [6.45, 7) is 4.46. The zero-order valence-electron chi connectivity index (χ0n) is 11.4. The smallest absolute Gasteiger partial charge is 0.194 e. The van der Waals surface area contributed by atoms with Crippen LogP contribution in [0.1, 0.15) is 18.1 Å². The molecule has 0 aliphatic carbocycles. The zero-order chi connectivity index (χ0) is 13.5. The number of nitrogens with zero attached hydrogens (tertiary/aromatic N) is 1. The average molecular weight is 264 g/mol. The van der Waals surface area contributed by atoms with Crippen LogP contribution in [0.4, 0.5) is 0 Å². The van der Waals surface area contributed by atoms with E-state index in [1.807, 2.05) is 13.0 Å². The highest BCUT2D eigenvalue weighted by atomic mass is 16.5. The van der Waals surface area contributed by atoms with Crippen molar-refractivity contribution in [2.24, 2.45) is 0 Å². The Morgan fingerprint density at radius 3 is 3.00 bits per heavy atom. The maximum Gasteiger partial charge on any atom is 0.194 e. The summed E-state index contributed by atoms with van der Waals surface area (Å²) in [7, 11) is 1.70. The molecule has 5 nitrogen and oxygen atoms in total. The molecule has 0 saturated heterocycles. The highest BCUT2D eigenvalue weighted by molar-refractivity contribution is 5.55. The summed E-state index contributed by atoms with van der Waals surface area (Å²) in [5.74, 6) is 2.40. The Kier molecular flexibility index (Phi) is 5.18. The van der Waals surface area contributed by atoms with E-state index in [4.69, 9.17) is 13.6 Å². The van der Waals surface area contributed by atoms with Gasteiger partial charge in [-0.2, -0.15) is 0 Å². The van der Waals surface area contributed by atoms with Crippen LogP contribution in [0.15, 0.2) is 27.4 Å². The van der Waals surface area contributed by atoms with E-state index in [-0.39, 0.29) is 0 Å². The Morgan fingerprint density at radius 2 is 2.26 bits per heavy atom. The van der Waals surface area contributed by atoms with Crippen molar-refractivity contribution in [3.8, 4) is 11.3 Å². The van der Waals surface area contributed by atoms with Crippen LogP contribution in [0.2, 0.25) is 0 Å². The van der Waals surface area contributed by atoms with Crippen LogP contribution in [0.5, 0.6) is 0 Å². The quantitative estimate of drug-likeness (QED) is 0.742. The van der Waals surface area contributed by atoms with E-state index in [0.717, 1.165) is 55.5 Å². The summed E-state index contributed by atoms with van der Waals surface area (Å²) in [6, 6.07) is 1.94. The first-order valence-electron chi connectivity index (χ1n) is 6.49. The lowest BCUT2D eigenvalue weighted by molar-refractivity contribution is 0.199. The third kappa shape index (κ3) is 4.22. The third-order valence-electron chi connectivity index (χ3n) is 2.80. The maximum absolute atomic E-state index is 5.69. The number of rotatable bonds is 8. The number of hydrogen-bond acceptors (Lipinski definition) is 5. The predicted molar refractivity (Wildman–Crippen MR) is 72.0 cm³/mol. The monoisotopic (exact) mass is 264 g/mol. The number of aryl methyl sites for hydroxylation is 2. The first-order chi connectivity index (χ1) is 9.29. The van der Waals surface area contributed by atoms with Gasteiger partial charge in [0.05, 0.1) is 18.4 Å². The van der Waals surface area contributed by atoms with E-state index in [1.54, 1.807) is 19.6 Å². The van der Waals surface area contributed by atoms with Crippen molar-refractivity contribution in [3.05, 3.63) is 30.2 Å². The summed E-state index contributed by atoms with van der Waals surface area (Å²) in [4.78, 5) is 4.27. The minimum atomic E-state index is 0.739. The summed E-state index contributed by atoms with van der Waals surface area (Å²) >= 11 is 0. The van der Waals surface area contributed by atoms with E-state index in [2.05, 4.69) is 10.3 Å². The lowest BCUT2D eigenvalue weighted by atomic mass is 10.3. The number of oxazole rings is 1. The van der Waals surface area contributed by atoms with Gasteiger partial charge in [-0.25, -0.2) is 4.98 Å². The molecule has 0 saturated carbocycles. The summed E-state index contributed by atoms with van der Waals surface area (Å²) in [6.07, 6.45) is 5.26. The molecule has 19 heavy (non-hydrogen) atoms. The van der Waals surface area contributed by atoms with Gasteiger partial charge in [0.15, 0.2) is 11.7 Å². The van der Waals surface area contributed by atoms with Gasteiger partial charge in [-0.05, 0) is 26.0 Å². The van der Waals surface area contributed by atoms with Gasteiger partial charge in [0, 0.05) is 20.1 Å². The van der Waals surface area contributed by atoms with Crippen molar-refractivity contribution in [1.29, 1.82) is 0 Å². The van der Waals surface area contributed by atoms with Gasteiger partial charge < -0.3 is 18.9 Å². The number of furan rings is 1. The van der Waals surface area contributed by atoms with Crippen LogP contribution < -0.4 is 5.32 Å². The van der Waals surface area contributed by atoms with Crippen LogP contribution in [-0.2, 0) is 11.2 Å². The molecule has 0 amide bonds. The van der Waals surface area contributed by atoms with Crippen molar-refractivity contribution >= 4 is 0 Å². The molecule has 0 atom stereocenters. The number of nitrogens with one attached hydrogen (secondary N) is 1. The van der Waals surface area contributed by atoms with Crippen molar-refractivity contribution in [2.45, 2.75) is 19.8 Å². The SMILES string of the molecule is COCCNCCCc1ncc(-c2coc(C)c2)o1. The zero-order valence-corrected chi connectivity index (χ0v) is 11.4. The minimum absolute atomic E-state index is 0.739. The highest BCUT2D eigenvalue weighted by Gasteiger charge is 2.08. The van der Waals surface area contributed by atoms with Gasteiger partial charge in [-0.15, -0.1) is 0 Å². The molecule has 1 N–H and O–H groups in total. The number of ether oxygens (including phenoxy) is 1. The Morgan fingerprint density at radius 1 is 1.37 bits per heavy atom. The lowest BCUT2D eigenvalue weighted by Crippen LogP contribution is -2.20. The molecule has 2 aromatic heterocycles. The average Bonchev–Trinajstić information content (AvgIpc) is 3.02. The van der Waals surface area contributed by atoms with E-state index in [1.165, 1.54) is 0 Å². The maximum atomic E-state index is 5.69. The number of aromatic nitrogens is 1. The largest absolute Gasteiger partial charge is 0.469 e. The Balaban J connectivity index is 1.75. The van der Waals surface area contributed by atoms with Crippen LogP contribution in [-0.4, -0.2) is 31.8 Å². The fourth-order valence-electron chi connectivity index (χ4n) is 1.80. The second kappa shape index (κ2) is 7.11. The molecule has 0 fully saturated rings. The number of hydrogen-bond donors (Lipinski definition) is 1. The van der Waals surface area contributed by atoms with Crippen molar-refractivity contribution in [3.63, 3.8) is 0 Å². The molecule has 104 valence electrons. The summed E-state index contributed by atoms with van der Waals surface area (Å²) < 4.78 is 15.9. The second-order valence-electron chi connectivity index (χ2n) is 4.41. The fraction of sp³-hybridized carbons (Fsp3) is 0.500. The topological polar surface area (TPSA) is 60.4 Å². The Hall–Kier alpha value is -1.59. The van der Waals surface area contributed by atoms with Gasteiger partial charge in [-0.3, -0.25) is 0 Å². The molecule has 2 rings (SSSR count). The second-order valence-corrected chi connectivity index (χ2v) is 4.41. The molecule has 0 spiro atoms. The van der Waals surface area contributed by atoms with Crippen LogP contribution >= 0.6 is 0 Å². The molecule has 0 bridgehead atoms. The molecular weight excluding hydrogens is 244 g/mol. The Labute approximate surface area is 113 Å². The predicted octanol–water partition coefficient (Wildman–Crippen LogP) is 2.41. The van der Waals surface area contributed by atoms with Gasteiger partial charge >= 0.3 is 0 Å². The fourth-order valence-corrected chi connectivity index (χ4v) is 1.80. The van der Waals surface area contributed by atoms with E-state index in [0.29, 0.717) is 0 Å². The molecule has 0 unspecified atom stereocenters. The lowest BCUT2D eigenvalue weighted by Gasteiger charge is -2.01. The van der Waals surface area contributed by atoms with Crippen molar-refractivity contribution < 1.29 is 13.6 Å². The van der Waals surface area contributed by atoms with E-state index >= 15 is 0 Å². The molecule has 0 aromatic carbocycles. The summed E-state index contributed by atoms with van der Waals surface area (Å²) in [5, 5.41) is 3.29. The van der Waals surface area contributed by atoms with Crippen LogP contribution in [0.3, 0.4) is 0 Å². The summed E-state index contributed by atoms with van der Waals surface area (Å²) in [5.41, 5.74) is 0.939. The van der Waals surface area contributed by atoms with Gasteiger partial charge in [-0.1, -0.05) is 0 Å². The highest BCUT2D eigenvalue weighted by Crippen LogP contribution is 2.22. The molecular formula is C14H20N2O3. The Bertz CT molecular complexity index is 490. The first kappa shape index (κ1) is 13.8. The van der Waals surface area contributed by atoms with Gasteiger partial charge in [0.1, 0.15) is 12.0 Å². The van der Waals surface area contributed by atoms with Crippen LogP contribution in [0.25, 0.3) is 11.3 Å². The standard InChI is InChI=1S/C14H20N2O3/c1-11-8-12(10-18-11)13-9-16-14(19-13)4-3-5-15-6-7-17-2/h8-10,15H,3-7H2,1-2H3. The van der Waals surface area contributed by atoms with Crippen LogP contribution in [0, 0.1) is 6.92 Å². The van der Waals surface area contributed by atoms with Gasteiger partial charge in [0.2, 0.25) is 0 Å². The minimum Gasteiger partial charge on any atom is -0.469 e. The first-order valence-corrected chi connectivity index (χ1v) is 6.49. The molecule has 2 heterocycles.